The Bertz CT molecular complexity index is 265. The molecule has 0 aromatic heterocycles. The van der Waals surface area contributed by atoms with Crippen LogP contribution in [0.15, 0.2) is 40.6 Å². The Morgan fingerprint density at radius 3 is 2.15 bits per heavy atom. The van der Waals surface area contributed by atoms with E-state index in [0.717, 1.165) is 5.69 Å². The minimum Gasteiger partial charge on any atom is -0.185 e. The van der Waals surface area contributed by atoms with E-state index in [4.69, 9.17) is 0 Å². The molecule has 0 radical (unpaired) electrons. The summed E-state index contributed by atoms with van der Waals surface area (Å²) in [6.07, 6.45) is 0. The number of rotatable bonds is 3. The fourth-order valence-corrected chi connectivity index (χ4v) is 0.786. The van der Waals surface area contributed by atoms with E-state index < -0.39 is 0 Å². The van der Waals surface area contributed by atoms with Gasteiger partial charge in [0.2, 0.25) is 0 Å². The molecular formula is C11H16N2. The second-order valence-corrected chi connectivity index (χ2v) is 3.54. The Morgan fingerprint density at radius 1 is 1.00 bits per heavy atom. The fourth-order valence-electron chi connectivity index (χ4n) is 0.786. The molecule has 0 N–H and O–H groups in total. The van der Waals surface area contributed by atoms with Gasteiger partial charge in [-0.2, -0.15) is 10.2 Å². The van der Waals surface area contributed by atoms with Gasteiger partial charge in [0, 0.05) is 0 Å². The predicted octanol–water partition coefficient (Wildman–Crippen LogP) is 3.81. The van der Waals surface area contributed by atoms with Crippen LogP contribution in [0, 0.1) is 5.92 Å². The van der Waals surface area contributed by atoms with E-state index in [-0.39, 0.29) is 0 Å². The quantitative estimate of drug-likeness (QED) is 0.625. The van der Waals surface area contributed by atoms with Crippen molar-refractivity contribution in [1.82, 2.24) is 0 Å². The van der Waals surface area contributed by atoms with E-state index in [2.05, 4.69) is 31.0 Å². The van der Waals surface area contributed by atoms with Crippen LogP contribution in [-0.2, 0) is 0 Å². The minimum absolute atomic E-state index is 0.292. The molecule has 0 saturated carbocycles. The molecule has 13 heavy (non-hydrogen) atoms. The molecular weight excluding hydrogens is 160 g/mol. The summed E-state index contributed by atoms with van der Waals surface area (Å²) in [5.41, 5.74) is 0.926. The van der Waals surface area contributed by atoms with Gasteiger partial charge in [0.1, 0.15) is 0 Å². The zero-order valence-corrected chi connectivity index (χ0v) is 8.44. The summed E-state index contributed by atoms with van der Waals surface area (Å²) in [5, 5.41) is 8.37. The molecule has 1 aromatic carbocycles. The normalized spacial score (nSPS) is 13.8. The minimum atomic E-state index is 0.292. The molecule has 0 spiro atoms. The zero-order chi connectivity index (χ0) is 9.68. The summed E-state index contributed by atoms with van der Waals surface area (Å²) < 4.78 is 0. The third kappa shape index (κ3) is 3.36. The Morgan fingerprint density at radius 2 is 1.62 bits per heavy atom. The van der Waals surface area contributed by atoms with Gasteiger partial charge in [-0.3, -0.25) is 0 Å². The van der Waals surface area contributed by atoms with Crippen LogP contribution < -0.4 is 0 Å². The Balaban J connectivity index is 2.59. The Hall–Kier alpha value is -1.18. The summed E-state index contributed by atoms with van der Waals surface area (Å²) in [7, 11) is 0. The lowest BCUT2D eigenvalue weighted by Gasteiger charge is -2.07. The van der Waals surface area contributed by atoms with E-state index in [1.165, 1.54) is 0 Å². The highest BCUT2D eigenvalue weighted by molar-refractivity contribution is 5.34. The average molecular weight is 176 g/mol. The smallest absolute Gasteiger partial charge is 0.0852 e. The third-order valence-electron chi connectivity index (χ3n) is 2.08. The van der Waals surface area contributed by atoms with Crippen molar-refractivity contribution in [2.24, 2.45) is 16.1 Å². The van der Waals surface area contributed by atoms with Crippen LogP contribution in [-0.4, -0.2) is 6.04 Å². The van der Waals surface area contributed by atoms with Crippen LogP contribution in [0.4, 0.5) is 5.69 Å². The van der Waals surface area contributed by atoms with Crippen LogP contribution in [0.3, 0.4) is 0 Å². The second kappa shape index (κ2) is 4.75. The standard InChI is InChI=1S/C11H16N2/c1-9(2)10(3)12-13-11-7-5-4-6-8-11/h4-10H,1-3H3. The van der Waals surface area contributed by atoms with Gasteiger partial charge in [-0.05, 0) is 25.0 Å². The highest BCUT2D eigenvalue weighted by atomic mass is 15.1. The molecule has 0 bridgehead atoms. The van der Waals surface area contributed by atoms with E-state index in [1.54, 1.807) is 0 Å². The molecule has 1 rings (SSSR count). The molecule has 1 unspecified atom stereocenters. The highest BCUT2D eigenvalue weighted by Gasteiger charge is 2.03. The largest absolute Gasteiger partial charge is 0.185 e. The molecule has 2 heteroatoms. The van der Waals surface area contributed by atoms with Gasteiger partial charge < -0.3 is 0 Å². The Labute approximate surface area is 79.7 Å². The summed E-state index contributed by atoms with van der Waals surface area (Å²) >= 11 is 0. The van der Waals surface area contributed by atoms with Crippen molar-refractivity contribution in [3.8, 4) is 0 Å². The van der Waals surface area contributed by atoms with E-state index in [1.807, 2.05) is 30.3 Å². The van der Waals surface area contributed by atoms with Gasteiger partial charge in [-0.25, -0.2) is 0 Å². The summed E-state index contributed by atoms with van der Waals surface area (Å²) in [5.74, 6) is 0.549. The number of azo groups is 1. The Kier molecular flexibility index (Phi) is 3.62. The molecule has 0 amide bonds. The van der Waals surface area contributed by atoms with Crippen LogP contribution in [0.2, 0.25) is 0 Å². The van der Waals surface area contributed by atoms with E-state index >= 15 is 0 Å². The molecule has 0 aliphatic carbocycles. The number of benzene rings is 1. The summed E-state index contributed by atoms with van der Waals surface area (Å²) in [4.78, 5) is 0. The molecule has 0 aliphatic heterocycles. The molecule has 1 aromatic rings. The maximum atomic E-state index is 4.22. The van der Waals surface area contributed by atoms with Gasteiger partial charge in [0.05, 0.1) is 11.7 Å². The van der Waals surface area contributed by atoms with Gasteiger partial charge >= 0.3 is 0 Å². The highest BCUT2D eigenvalue weighted by Crippen LogP contribution is 2.13. The molecule has 0 aliphatic rings. The lowest BCUT2D eigenvalue weighted by molar-refractivity contribution is 0.513. The predicted molar refractivity (Wildman–Crippen MR) is 55.3 cm³/mol. The number of nitrogens with zero attached hydrogens (tertiary/aromatic N) is 2. The lowest BCUT2D eigenvalue weighted by Crippen LogP contribution is -2.05. The van der Waals surface area contributed by atoms with E-state index in [9.17, 15) is 0 Å². The van der Waals surface area contributed by atoms with Crippen LogP contribution >= 0.6 is 0 Å². The first-order valence-electron chi connectivity index (χ1n) is 4.66. The van der Waals surface area contributed by atoms with Gasteiger partial charge in [0.25, 0.3) is 0 Å². The second-order valence-electron chi connectivity index (χ2n) is 3.54. The van der Waals surface area contributed by atoms with Crippen LogP contribution in [0.1, 0.15) is 20.8 Å². The van der Waals surface area contributed by atoms with Gasteiger partial charge in [-0.1, -0.05) is 32.0 Å². The van der Waals surface area contributed by atoms with Crippen molar-refractivity contribution in [2.75, 3.05) is 0 Å². The first-order chi connectivity index (χ1) is 6.20. The maximum Gasteiger partial charge on any atom is 0.0852 e. The SMILES string of the molecule is CC(C)C(C)N=Nc1ccccc1. The first-order valence-corrected chi connectivity index (χ1v) is 4.66. The molecule has 0 fully saturated rings. The van der Waals surface area contributed by atoms with Gasteiger partial charge in [0.15, 0.2) is 0 Å². The average Bonchev–Trinajstić information content (AvgIpc) is 2.15. The van der Waals surface area contributed by atoms with Crippen molar-refractivity contribution in [3.63, 3.8) is 0 Å². The van der Waals surface area contributed by atoms with Crippen molar-refractivity contribution in [1.29, 1.82) is 0 Å². The zero-order valence-electron chi connectivity index (χ0n) is 8.44. The lowest BCUT2D eigenvalue weighted by atomic mass is 10.1. The fraction of sp³-hybridized carbons (Fsp3) is 0.455. The van der Waals surface area contributed by atoms with Crippen LogP contribution in [0.5, 0.6) is 0 Å². The molecule has 0 saturated heterocycles. The summed E-state index contributed by atoms with van der Waals surface area (Å²) in [6.45, 7) is 6.38. The third-order valence-corrected chi connectivity index (χ3v) is 2.08. The van der Waals surface area contributed by atoms with E-state index in [0.29, 0.717) is 12.0 Å². The molecule has 0 heterocycles. The first kappa shape index (κ1) is 9.90. The molecule has 70 valence electrons. The van der Waals surface area contributed by atoms with Gasteiger partial charge in [-0.15, -0.1) is 0 Å². The number of hydrogen-bond acceptors (Lipinski definition) is 2. The number of hydrogen-bond donors (Lipinski definition) is 0. The molecule has 2 nitrogen and oxygen atoms in total. The van der Waals surface area contributed by atoms with Crippen molar-refractivity contribution >= 4 is 5.69 Å². The van der Waals surface area contributed by atoms with Crippen LogP contribution in [0.25, 0.3) is 0 Å². The maximum absolute atomic E-state index is 4.22. The van der Waals surface area contributed by atoms with Crippen molar-refractivity contribution < 1.29 is 0 Å². The topological polar surface area (TPSA) is 24.7 Å². The summed E-state index contributed by atoms with van der Waals surface area (Å²) in [6, 6.07) is 10.1. The molecule has 1 atom stereocenters. The van der Waals surface area contributed by atoms with Crippen molar-refractivity contribution in [3.05, 3.63) is 30.3 Å². The monoisotopic (exact) mass is 176 g/mol. The van der Waals surface area contributed by atoms with Crippen molar-refractivity contribution in [2.45, 2.75) is 26.8 Å².